The van der Waals surface area contributed by atoms with Crippen LogP contribution in [0.4, 0.5) is 0 Å². The molecule has 6 heteroatoms. The number of ether oxygens (including phenoxy) is 1. The molecule has 0 unspecified atom stereocenters. The summed E-state index contributed by atoms with van der Waals surface area (Å²) in [5, 5.41) is 2.80. The molecule has 5 nitrogen and oxygen atoms in total. The van der Waals surface area contributed by atoms with E-state index in [4.69, 9.17) is 4.74 Å². The Bertz CT molecular complexity index is 814. The van der Waals surface area contributed by atoms with Gasteiger partial charge >= 0.3 is 0 Å². The number of rotatable bonds is 8. The van der Waals surface area contributed by atoms with Crippen LogP contribution in [0.2, 0.25) is 0 Å². The van der Waals surface area contributed by atoms with E-state index in [1.54, 1.807) is 32.2 Å². The maximum atomic E-state index is 12.4. The van der Waals surface area contributed by atoms with Crippen LogP contribution in [0.15, 0.2) is 53.4 Å². The Labute approximate surface area is 148 Å². The number of carbonyl (C=O) groups is 1. The summed E-state index contributed by atoms with van der Waals surface area (Å²) in [6.45, 7) is 2.22. The largest absolute Gasteiger partial charge is 0.497 e. The molecule has 0 saturated carbocycles. The van der Waals surface area contributed by atoms with E-state index in [1.165, 1.54) is 6.07 Å². The summed E-state index contributed by atoms with van der Waals surface area (Å²) in [4.78, 5) is 12.5. The summed E-state index contributed by atoms with van der Waals surface area (Å²) in [5.74, 6) is 0.440. The lowest BCUT2D eigenvalue weighted by Gasteiger charge is -2.11. The van der Waals surface area contributed by atoms with Gasteiger partial charge in [0.15, 0.2) is 9.84 Å². The highest BCUT2D eigenvalue weighted by atomic mass is 32.2. The van der Waals surface area contributed by atoms with Gasteiger partial charge in [-0.1, -0.05) is 31.2 Å². The molecule has 0 fully saturated rings. The van der Waals surface area contributed by atoms with Crippen LogP contribution >= 0.6 is 0 Å². The van der Waals surface area contributed by atoms with Crippen LogP contribution in [0, 0.1) is 0 Å². The zero-order chi connectivity index (χ0) is 18.3. The summed E-state index contributed by atoms with van der Waals surface area (Å²) >= 11 is 0. The summed E-state index contributed by atoms with van der Waals surface area (Å²) < 4.78 is 29.8. The molecule has 0 aliphatic carbocycles. The first-order valence-corrected chi connectivity index (χ1v) is 9.86. The number of sulfone groups is 1. The fraction of sp³-hybridized carbons (Fsp3) is 0.316. The molecule has 0 atom stereocenters. The van der Waals surface area contributed by atoms with Crippen molar-refractivity contribution in [3.63, 3.8) is 0 Å². The monoisotopic (exact) mass is 361 g/mol. The maximum absolute atomic E-state index is 12.4. The second-order valence-electron chi connectivity index (χ2n) is 5.67. The lowest BCUT2D eigenvalue weighted by atomic mass is 10.1. The van der Waals surface area contributed by atoms with Gasteiger partial charge < -0.3 is 10.1 Å². The van der Waals surface area contributed by atoms with E-state index >= 15 is 0 Å². The normalized spacial score (nSPS) is 11.1. The van der Waals surface area contributed by atoms with Crippen LogP contribution in [0.3, 0.4) is 0 Å². The first kappa shape index (κ1) is 19.0. The molecule has 0 aliphatic heterocycles. The SMILES string of the molecule is CCCS(=O)(=O)c1ccccc1C(=O)NCCc1ccc(OC)cc1. The van der Waals surface area contributed by atoms with E-state index in [0.717, 1.165) is 11.3 Å². The van der Waals surface area contributed by atoms with Crippen LogP contribution in [0.5, 0.6) is 5.75 Å². The Morgan fingerprint density at radius 1 is 1.08 bits per heavy atom. The third kappa shape index (κ3) is 5.06. The zero-order valence-electron chi connectivity index (χ0n) is 14.5. The molecule has 25 heavy (non-hydrogen) atoms. The van der Waals surface area contributed by atoms with Gasteiger partial charge in [0.25, 0.3) is 5.91 Å². The van der Waals surface area contributed by atoms with E-state index in [2.05, 4.69) is 5.32 Å². The molecule has 0 saturated heterocycles. The smallest absolute Gasteiger partial charge is 0.252 e. The first-order valence-electron chi connectivity index (χ1n) is 8.21. The Hall–Kier alpha value is -2.34. The molecular weight excluding hydrogens is 338 g/mol. The van der Waals surface area contributed by atoms with Gasteiger partial charge in [-0.15, -0.1) is 0 Å². The van der Waals surface area contributed by atoms with Crippen molar-refractivity contribution in [3.05, 3.63) is 59.7 Å². The van der Waals surface area contributed by atoms with E-state index in [9.17, 15) is 13.2 Å². The van der Waals surface area contributed by atoms with Gasteiger partial charge in [0.05, 0.1) is 23.3 Å². The Balaban J connectivity index is 2.03. The lowest BCUT2D eigenvalue weighted by molar-refractivity contribution is 0.0951. The van der Waals surface area contributed by atoms with Crippen LogP contribution in [0.25, 0.3) is 0 Å². The topological polar surface area (TPSA) is 72.5 Å². The highest BCUT2D eigenvalue weighted by Crippen LogP contribution is 2.18. The Kier molecular flexibility index (Phi) is 6.58. The van der Waals surface area contributed by atoms with Crippen molar-refractivity contribution < 1.29 is 17.9 Å². The number of benzene rings is 2. The molecule has 2 aromatic rings. The van der Waals surface area contributed by atoms with Crippen molar-refractivity contribution in [1.82, 2.24) is 5.32 Å². The molecule has 0 aliphatic rings. The van der Waals surface area contributed by atoms with Gasteiger partial charge in [0, 0.05) is 6.54 Å². The van der Waals surface area contributed by atoms with Crippen molar-refractivity contribution in [2.45, 2.75) is 24.7 Å². The molecule has 0 radical (unpaired) electrons. The fourth-order valence-corrected chi connectivity index (χ4v) is 4.05. The summed E-state index contributed by atoms with van der Waals surface area (Å²) in [7, 11) is -1.84. The van der Waals surface area contributed by atoms with E-state index in [1.807, 2.05) is 24.3 Å². The van der Waals surface area contributed by atoms with Gasteiger partial charge in [-0.25, -0.2) is 8.42 Å². The summed E-state index contributed by atoms with van der Waals surface area (Å²) in [6, 6.07) is 13.9. The molecular formula is C19H23NO4S. The van der Waals surface area contributed by atoms with Gasteiger partial charge in [-0.3, -0.25) is 4.79 Å². The maximum Gasteiger partial charge on any atom is 0.252 e. The number of methoxy groups -OCH3 is 1. The fourth-order valence-electron chi connectivity index (χ4n) is 2.51. The van der Waals surface area contributed by atoms with Crippen LogP contribution in [-0.2, 0) is 16.3 Å². The zero-order valence-corrected chi connectivity index (χ0v) is 15.3. The predicted molar refractivity (Wildman–Crippen MR) is 97.8 cm³/mol. The van der Waals surface area contributed by atoms with E-state index in [0.29, 0.717) is 19.4 Å². The predicted octanol–water partition coefficient (Wildman–Crippen LogP) is 2.85. The summed E-state index contributed by atoms with van der Waals surface area (Å²) in [5.41, 5.74) is 1.26. The van der Waals surface area contributed by atoms with Gasteiger partial charge in [-0.05, 0) is 42.7 Å². The van der Waals surface area contributed by atoms with Crippen molar-refractivity contribution in [1.29, 1.82) is 0 Å². The van der Waals surface area contributed by atoms with Crippen molar-refractivity contribution in [2.24, 2.45) is 0 Å². The van der Waals surface area contributed by atoms with E-state index < -0.39 is 9.84 Å². The van der Waals surface area contributed by atoms with Crippen molar-refractivity contribution in [2.75, 3.05) is 19.4 Å². The Morgan fingerprint density at radius 3 is 2.40 bits per heavy atom. The third-order valence-corrected chi connectivity index (χ3v) is 5.77. The van der Waals surface area contributed by atoms with Crippen LogP contribution in [-0.4, -0.2) is 33.7 Å². The third-order valence-electron chi connectivity index (χ3n) is 3.80. The molecule has 134 valence electrons. The molecule has 1 N–H and O–H groups in total. The van der Waals surface area contributed by atoms with Gasteiger partial charge in [0.1, 0.15) is 5.75 Å². The number of nitrogens with one attached hydrogen (secondary N) is 1. The molecule has 2 rings (SSSR count). The molecule has 0 spiro atoms. The standard InChI is InChI=1S/C19H23NO4S/c1-3-14-25(22,23)18-7-5-4-6-17(18)19(21)20-13-12-15-8-10-16(24-2)11-9-15/h4-11H,3,12-14H2,1-2H3,(H,20,21). The Morgan fingerprint density at radius 2 is 1.76 bits per heavy atom. The number of hydrogen-bond acceptors (Lipinski definition) is 4. The second kappa shape index (κ2) is 8.67. The van der Waals surface area contributed by atoms with E-state index in [-0.39, 0.29) is 22.1 Å². The minimum Gasteiger partial charge on any atom is -0.497 e. The number of amides is 1. The first-order chi connectivity index (χ1) is 12.0. The highest BCUT2D eigenvalue weighted by Gasteiger charge is 2.21. The molecule has 1 amide bonds. The number of carbonyl (C=O) groups excluding carboxylic acids is 1. The average molecular weight is 361 g/mol. The molecule has 2 aromatic carbocycles. The molecule has 0 aromatic heterocycles. The van der Waals surface area contributed by atoms with Crippen LogP contribution in [0.1, 0.15) is 29.3 Å². The minimum atomic E-state index is -3.45. The number of hydrogen-bond donors (Lipinski definition) is 1. The van der Waals surface area contributed by atoms with Crippen molar-refractivity contribution in [3.8, 4) is 5.75 Å². The minimum absolute atomic E-state index is 0.0309. The lowest BCUT2D eigenvalue weighted by Crippen LogP contribution is -2.27. The quantitative estimate of drug-likeness (QED) is 0.785. The van der Waals surface area contributed by atoms with Crippen LogP contribution < -0.4 is 10.1 Å². The highest BCUT2D eigenvalue weighted by molar-refractivity contribution is 7.91. The summed E-state index contributed by atoms with van der Waals surface area (Å²) in [6.07, 6.45) is 1.16. The molecule has 0 bridgehead atoms. The molecule has 0 heterocycles. The average Bonchev–Trinajstić information content (AvgIpc) is 2.62. The second-order valence-corrected chi connectivity index (χ2v) is 7.75. The van der Waals surface area contributed by atoms with Gasteiger partial charge in [0.2, 0.25) is 0 Å². The van der Waals surface area contributed by atoms with Crippen molar-refractivity contribution >= 4 is 15.7 Å². The van der Waals surface area contributed by atoms with Gasteiger partial charge in [-0.2, -0.15) is 0 Å².